The average Bonchev–Trinajstić information content (AvgIpc) is 2.76. The Morgan fingerprint density at radius 3 is 2.59 bits per heavy atom. The van der Waals surface area contributed by atoms with E-state index in [2.05, 4.69) is 10.3 Å². The van der Waals surface area contributed by atoms with Crippen LogP contribution in [0.5, 0.6) is 0 Å². The summed E-state index contributed by atoms with van der Waals surface area (Å²) in [7, 11) is 1.66. The van der Waals surface area contributed by atoms with Crippen LogP contribution in [-0.2, 0) is 7.05 Å². The van der Waals surface area contributed by atoms with Crippen molar-refractivity contribution in [1.29, 1.82) is 0 Å². The normalized spacial score (nSPS) is 14.8. The Morgan fingerprint density at radius 1 is 1.14 bits per heavy atom. The van der Waals surface area contributed by atoms with E-state index >= 15 is 0 Å². The van der Waals surface area contributed by atoms with E-state index < -0.39 is 0 Å². The summed E-state index contributed by atoms with van der Waals surface area (Å²) in [5, 5.41) is 3.81. The number of benzene rings is 1. The van der Waals surface area contributed by atoms with E-state index in [4.69, 9.17) is 0 Å². The van der Waals surface area contributed by atoms with Crippen LogP contribution in [-0.4, -0.2) is 22.0 Å². The van der Waals surface area contributed by atoms with Gasteiger partial charge in [0.05, 0.1) is 0 Å². The molecular formula is C24H27N3O2. The van der Waals surface area contributed by atoms with E-state index in [1.54, 1.807) is 13.2 Å². The Balaban J connectivity index is 1.82. The molecule has 1 saturated carbocycles. The van der Waals surface area contributed by atoms with Gasteiger partial charge in [-0.1, -0.05) is 55.2 Å². The van der Waals surface area contributed by atoms with Crippen molar-refractivity contribution in [2.24, 2.45) is 13.0 Å². The molecule has 1 amide bonds. The highest BCUT2D eigenvalue weighted by Crippen LogP contribution is 2.30. The van der Waals surface area contributed by atoms with Crippen molar-refractivity contribution in [2.75, 3.05) is 6.54 Å². The molecule has 29 heavy (non-hydrogen) atoms. The van der Waals surface area contributed by atoms with Crippen LogP contribution < -0.4 is 10.9 Å². The summed E-state index contributed by atoms with van der Waals surface area (Å²) in [5.41, 5.74) is 3.34. The van der Waals surface area contributed by atoms with Gasteiger partial charge in [-0.3, -0.25) is 14.6 Å². The molecule has 3 aromatic rings. The maximum Gasteiger partial charge on any atom is 0.277 e. The van der Waals surface area contributed by atoms with Crippen LogP contribution >= 0.6 is 0 Å². The molecule has 0 radical (unpaired) electrons. The van der Waals surface area contributed by atoms with Crippen LogP contribution in [0.25, 0.3) is 22.0 Å². The van der Waals surface area contributed by atoms with Crippen LogP contribution in [0.4, 0.5) is 0 Å². The number of aromatic nitrogens is 2. The molecule has 2 aromatic heterocycles. The van der Waals surface area contributed by atoms with E-state index in [0.717, 1.165) is 29.5 Å². The Labute approximate surface area is 170 Å². The number of hydrogen-bond donors (Lipinski definition) is 1. The van der Waals surface area contributed by atoms with E-state index in [9.17, 15) is 9.59 Å². The summed E-state index contributed by atoms with van der Waals surface area (Å²) in [4.78, 5) is 30.5. The summed E-state index contributed by atoms with van der Waals surface area (Å²) >= 11 is 0. The molecule has 2 heterocycles. The third-order valence-corrected chi connectivity index (χ3v) is 5.99. The first-order chi connectivity index (χ1) is 14.1. The van der Waals surface area contributed by atoms with Gasteiger partial charge in [0, 0.05) is 30.7 Å². The van der Waals surface area contributed by atoms with E-state index in [1.807, 2.05) is 43.3 Å². The molecule has 1 fully saturated rings. The van der Waals surface area contributed by atoms with Crippen molar-refractivity contribution < 1.29 is 4.79 Å². The number of nitrogens with zero attached hydrogens (tertiary/aromatic N) is 2. The second kappa shape index (κ2) is 8.19. The quantitative estimate of drug-likeness (QED) is 0.727. The van der Waals surface area contributed by atoms with Gasteiger partial charge < -0.3 is 9.88 Å². The van der Waals surface area contributed by atoms with Gasteiger partial charge in [-0.15, -0.1) is 0 Å². The first-order valence-electron chi connectivity index (χ1n) is 10.4. The van der Waals surface area contributed by atoms with Gasteiger partial charge in [0.25, 0.3) is 11.5 Å². The SMILES string of the molecule is Cc1ccc(-c2c(C(=O)NCC3CCCCC3)n(C)c(=O)c3ncccc23)cc1. The highest BCUT2D eigenvalue weighted by atomic mass is 16.2. The number of pyridine rings is 2. The predicted octanol–water partition coefficient (Wildman–Crippen LogP) is 4.22. The Kier molecular flexibility index (Phi) is 5.47. The predicted molar refractivity (Wildman–Crippen MR) is 116 cm³/mol. The monoisotopic (exact) mass is 389 g/mol. The zero-order chi connectivity index (χ0) is 20.4. The lowest BCUT2D eigenvalue weighted by Gasteiger charge is -2.23. The van der Waals surface area contributed by atoms with Crippen molar-refractivity contribution >= 4 is 16.8 Å². The largest absolute Gasteiger partial charge is 0.350 e. The number of rotatable bonds is 4. The molecular weight excluding hydrogens is 362 g/mol. The van der Waals surface area contributed by atoms with Crippen molar-refractivity contribution in [2.45, 2.75) is 39.0 Å². The second-order valence-corrected chi connectivity index (χ2v) is 8.07. The molecule has 4 rings (SSSR count). The fourth-order valence-corrected chi connectivity index (χ4v) is 4.32. The summed E-state index contributed by atoms with van der Waals surface area (Å²) in [6.45, 7) is 2.69. The third-order valence-electron chi connectivity index (χ3n) is 5.99. The molecule has 1 aromatic carbocycles. The number of carbonyl (C=O) groups excluding carboxylic acids is 1. The fraction of sp³-hybridized carbons (Fsp3) is 0.375. The summed E-state index contributed by atoms with van der Waals surface area (Å²) in [6.07, 6.45) is 7.68. The highest BCUT2D eigenvalue weighted by molar-refractivity contribution is 6.07. The van der Waals surface area contributed by atoms with E-state index in [1.165, 1.54) is 23.8 Å². The number of carbonyl (C=O) groups is 1. The van der Waals surface area contributed by atoms with Crippen LogP contribution in [0.2, 0.25) is 0 Å². The molecule has 0 saturated heterocycles. The van der Waals surface area contributed by atoms with Crippen LogP contribution in [0.3, 0.4) is 0 Å². The number of fused-ring (bicyclic) bond motifs is 1. The maximum atomic E-state index is 13.3. The topological polar surface area (TPSA) is 64.0 Å². The van der Waals surface area contributed by atoms with Crippen LogP contribution in [0.1, 0.15) is 48.2 Å². The molecule has 1 N–H and O–H groups in total. The molecule has 0 bridgehead atoms. The lowest BCUT2D eigenvalue weighted by Crippen LogP contribution is -2.35. The van der Waals surface area contributed by atoms with E-state index in [0.29, 0.717) is 29.1 Å². The first kappa shape index (κ1) is 19.4. The molecule has 1 aliphatic rings. The molecule has 1 aliphatic carbocycles. The number of nitrogens with one attached hydrogen (secondary N) is 1. The Hall–Kier alpha value is -2.95. The van der Waals surface area contributed by atoms with Crippen LogP contribution in [0, 0.1) is 12.8 Å². The Bertz CT molecular complexity index is 1090. The molecule has 0 spiro atoms. The summed E-state index contributed by atoms with van der Waals surface area (Å²) < 4.78 is 1.45. The molecule has 5 heteroatoms. The van der Waals surface area contributed by atoms with Gasteiger partial charge in [0.15, 0.2) is 0 Å². The van der Waals surface area contributed by atoms with Gasteiger partial charge in [0.1, 0.15) is 11.2 Å². The highest BCUT2D eigenvalue weighted by Gasteiger charge is 2.23. The van der Waals surface area contributed by atoms with E-state index in [-0.39, 0.29) is 11.5 Å². The van der Waals surface area contributed by atoms with Crippen molar-refractivity contribution in [1.82, 2.24) is 14.9 Å². The molecule has 0 unspecified atom stereocenters. The second-order valence-electron chi connectivity index (χ2n) is 8.07. The Morgan fingerprint density at radius 2 is 1.86 bits per heavy atom. The molecule has 0 atom stereocenters. The minimum atomic E-state index is -0.251. The molecule has 0 aliphatic heterocycles. The smallest absolute Gasteiger partial charge is 0.277 e. The lowest BCUT2D eigenvalue weighted by molar-refractivity contribution is 0.0935. The van der Waals surface area contributed by atoms with Gasteiger partial charge >= 0.3 is 0 Å². The zero-order valence-electron chi connectivity index (χ0n) is 17.1. The van der Waals surface area contributed by atoms with Crippen molar-refractivity contribution in [3.63, 3.8) is 0 Å². The van der Waals surface area contributed by atoms with Crippen molar-refractivity contribution in [3.05, 3.63) is 64.2 Å². The standard InChI is InChI=1S/C24H27N3O2/c1-16-10-12-18(13-11-16)20-19-9-6-14-25-21(19)24(29)27(2)22(20)23(28)26-15-17-7-4-3-5-8-17/h6,9-14,17H,3-5,7-8,15H2,1-2H3,(H,26,28). The van der Waals surface area contributed by atoms with Crippen molar-refractivity contribution in [3.8, 4) is 11.1 Å². The zero-order valence-corrected chi connectivity index (χ0v) is 17.1. The van der Waals surface area contributed by atoms with Gasteiger partial charge in [-0.25, -0.2) is 0 Å². The lowest BCUT2D eigenvalue weighted by atomic mass is 9.89. The van der Waals surface area contributed by atoms with Gasteiger partial charge in [0.2, 0.25) is 0 Å². The minimum Gasteiger partial charge on any atom is -0.350 e. The third kappa shape index (κ3) is 3.82. The average molecular weight is 389 g/mol. The summed E-state index contributed by atoms with van der Waals surface area (Å²) in [6, 6.07) is 11.7. The molecule has 5 nitrogen and oxygen atoms in total. The van der Waals surface area contributed by atoms with Gasteiger partial charge in [-0.05, 0) is 37.3 Å². The number of amides is 1. The van der Waals surface area contributed by atoms with Crippen LogP contribution in [0.15, 0.2) is 47.4 Å². The maximum absolute atomic E-state index is 13.3. The minimum absolute atomic E-state index is 0.198. The number of hydrogen-bond acceptors (Lipinski definition) is 3. The fourth-order valence-electron chi connectivity index (χ4n) is 4.32. The molecule has 150 valence electrons. The number of aryl methyl sites for hydroxylation is 1. The van der Waals surface area contributed by atoms with Gasteiger partial charge in [-0.2, -0.15) is 0 Å². The summed E-state index contributed by atoms with van der Waals surface area (Å²) in [5.74, 6) is 0.325. The first-order valence-corrected chi connectivity index (χ1v) is 10.4.